The minimum Gasteiger partial charge on any atom is -0.449 e. The summed E-state index contributed by atoms with van der Waals surface area (Å²) in [7, 11) is -3.73. The van der Waals surface area contributed by atoms with E-state index in [9.17, 15) is 22.5 Å². The van der Waals surface area contributed by atoms with Crippen LogP contribution in [0.1, 0.15) is 24.2 Å². The fourth-order valence-corrected chi connectivity index (χ4v) is 5.66. The summed E-state index contributed by atoms with van der Waals surface area (Å²) in [5.41, 5.74) is 0.00626. The Labute approximate surface area is 190 Å². The van der Waals surface area contributed by atoms with Crippen molar-refractivity contribution in [3.05, 3.63) is 96.6 Å². The minimum atomic E-state index is -4.84. The van der Waals surface area contributed by atoms with Crippen LogP contribution >= 0.6 is 7.37 Å². The summed E-state index contributed by atoms with van der Waals surface area (Å²) in [6.07, 6.45) is -8.45. The first-order valence-electron chi connectivity index (χ1n) is 10.4. The van der Waals surface area contributed by atoms with Crippen LogP contribution in [0, 0.1) is 5.92 Å². The van der Waals surface area contributed by atoms with Crippen molar-refractivity contribution in [1.29, 1.82) is 0 Å². The second-order valence-corrected chi connectivity index (χ2v) is 9.97. The van der Waals surface area contributed by atoms with Gasteiger partial charge in [-0.1, -0.05) is 61.5 Å². The Bertz CT molecular complexity index is 1050. The van der Waals surface area contributed by atoms with Crippen LogP contribution in [0.15, 0.2) is 91.0 Å². The van der Waals surface area contributed by atoms with E-state index in [1.54, 1.807) is 66.7 Å². The third-order valence-corrected chi connectivity index (χ3v) is 7.88. The highest BCUT2D eigenvalue weighted by Gasteiger charge is 2.49. The van der Waals surface area contributed by atoms with E-state index in [0.29, 0.717) is 10.6 Å². The molecule has 0 bridgehead atoms. The van der Waals surface area contributed by atoms with Crippen molar-refractivity contribution in [2.45, 2.75) is 32.2 Å². The molecule has 0 radical (unpaired) electrons. The number of benzene rings is 3. The highest BCUT2D eigenvalue weighted by molar-refractivity contribution is 7.74. The van der Waals surface area contributed by atoms with E-state index >= 15 is 0 Å². The molecule has 0 saturated heterocycles. The first kappa shape index (κ1) is 24.7. The third kappa shape index (κ3) is 5.92. The normalized spacial score (nSPS) is 14.8. The molecule has 0 N–H and O–H groups in total. The Hall–Kier alpha value is -2.89. The van der Waals surface area contributed by atoms with Gasteiger partial charge in [-0.25, -0.2) is 4.79 Å². The fourth-order valence-electron chi connectivity index (χ4n) is 3.33. The lowest BCUT2D eigenvalue weighted by molar-refractivity contribution is -0.224. The lowest BCUT2D eigenvalue weighted by atomic mass is 9.98. The molecule has 4 nitrogen and oxygen atoms in total. The number of carbonyl (C=O) groups is 1. The molecule has 0 aliphatic carbocycles. The first-order chi connectivity index (χ1) is 15.6. The summed E-state index contributed by atoms with van der Waals surface area (Å²) in [5.74, 6) is -2.43. The number of halogens is 3. The maximum absolute atomic E-state index is 14.0. The summed E-state index contributed by atoms with van der Waals surface area (Å²) in [4.78, 5) is 12.3. The quantitative estimate of drug-likeness (QED) is 0.307. The molecule has 3 unspecified atom stereocenters. The van der Waals surface area contributed by atoms with Gasteiger partial charge in [0.1, 0.15) is 0 Å². The molecule has 174 valence electrons. The van der Waals surface area contributed by atoms with E-state index < -0.39 is 37.6 Å². The maximum atomic E-state index is 14.0. The van der Waals surface area contributed by atoms with Crippen molar-refractivity contribution >= 4 is 23.9 Å². The van der Waals surface area contributed by atoms with Crippen molar-refractivity contribution in [3.8, 4) is 0 Å². The molecular weight excluding hydrogens is 452 g/mol. The lowest BCUT2D eigenvalue weighted by Crippen LogP contribution is -2.44. The van der Waals surface area contributed by atoms with Gasteiger partial charge in [-0.15, -0.1) is 0 Å². The van der Waals surface area contributed by atoms with E-state index in [4.69, 9.17) is 9.26 Å². The second kappa shape index (κ2) is 10.4. The molecule has 0 heterocycles. The van der Waals surface area contributed by atoms with E-state index in [0.717, 1.165) is 0 Å². The second-order valence-electron chi connectivity index (χ2n) is 7.63. The number of ether oxygens (including phenoxy) is 1. The molecule has 0 aliphatic rings. The Balaban J connectivity index is 1.89. The Morgan fingerprint density at radius 2 is 1.21 bits per heavy atom. The minimum absolute atomic E-state index is 0.00626. The number of alkyl halides is 3. The predicted octanol–water partition coefficient (Wildman–Crippen LogP) is 5.74. The van der Waals surface area contributed by atoms with Crippen molar-refractivity contribution in [2.75, 3.05) is 0 Å². The van der Waals surface area contributed by atoms with Crippen LogP contribution in [-0.2, 0) is 13.8 Å². The van der Waals surface area contributed by atoms with Crippen molar-refractivity contribution in [3.63, 3.8) is 0 Å². The summed E-state index contributed by atoms with van der Waals surface area (Å²) in [6.45, 7) is 2.67. The van der Waals surface area contributed by atoms with Gasteiger partial charge in [-0.3, -0.25) is 4.57 Å². The van der Waals surface area contributed by atoms with Crippen LogP contribution in [0.5, 0.6) is 0 Å². The molecule has 0 aromatic heterocycles. The SMILES string of the molecule is CC(OP(=O)(c1ccccc1)c1ccccc1)C(C)C(OC(=O)c1ccccc1)C(F)(F)F. The van der Waals surface area contributed by atoms with Crippen LogP contribution < -0.4 is 10.6 Å². The summed E-state index contributed by atoms with van der Waals surface area (Å²) < 4.78 is 66.5. The van der Waals surface area contributed by atoms with Gasteiger partial charge in [0.2, 0.25) is 6.10 Å². The van der Waals surface area contributed by atoms with Gasteiger partial charge in [0.15, 0.2) is 0 Å². The van der Waals surface area contributed by atoms with E-state index in [1.807, 2.05) is 0 Å². The number of hydrogen-bond donors (Lipinski definition) is 0. The molecule has 3 aromatic rings. The maximum Gasteiger partial charge on any atom is 0.425 e. The zero-order chi connectivity index (χ0) is 24.1. The molecule has 33 heavy (non-hydrogen) atoms. The molecule has 3 aromatic carbocycles. The molecule has 8 heteroatoms. The van der Waals surface area contributed by atoms with E-state index in [-0.39, 0.29) is 5.56 Å². The highest BCUT2D eigenvalue weighted by Crippen LogP contribution is 2.47. The van der Waals surface area contributed by atoms with Crippen LogP contribution in [0.3, 0.4) is 0 Å². The average molecular weight is 476 g/mol. The van der Waals surface area contributed by atoms with Crippen LogP contribution in [0.4, 0.5) is 13.2 Å². The molecule has 0 amide bonds. The summed E-state index contributed by atoms with van der Waals surface area (Å²) in [6, 6.07) is 24.1. The van der Waals surface area contributed by atoms with Crippen LogP contribution in [-0.4, -0.2) is 24.4 Å². The molecule has 0 aliphatic heterocycles. The Kier molecular flexibility index (Phi) is 7.77. The molecule has 3 atom stereocenters. The molecule has 0 fully saturated rings. The van der Waals surface area contributed by atoms with Crippen molar-refractivity contribution < 1.29 is 31.8 Å². The monoisotopic (exact) mass is 476 g/mol. The largest absolute Gasteiger partial charge is 0.449 e. The number of hydrogen-bond acceptors (Lipinski definition) is 4. The van der Waals surface area contributed by atoms with Gasteiger partial charge < -0.3 is 9.26 Å². The van der Waals surface area contributed by atoms with Crippen molar-refractivity contribution in [2.24, 2.45) is 5.92 Å². The van der Waals surface area contributed by atoms with Gasteiger partial charge in [0, 0.05) is 16.5 Å². The summed E-state index contributed by atoms with van der Waals surface area (Å²) >= 11 is 0. The predicted molar refractivity (Wildman–Crippen MR) is 121 cm³/mol. The van der Waals surface area contributed by atoms with Crippen molar-refractivity contribution in [1.82, 2.24) is 0 Å². The number of rotatable bonds is 8. The van der Waals surface area contributed by atoms with Gasteiger partial charge in [0.05, 0.1) is 11.7 Å². The Morgan fingerprint density at radius 1 is 0.788 bits per heavy atom. The Morgan fingerprint density at radius 3 is 1.64 bits per heavy atom. The standard InChI is InChI=1S/C25H24F3O4P/c1-18(23(25(26,27)28)31-24(29)20-12-6-3-7-13-20)19(2)32-33(30,21-14-8-4-9-15-21)22-16-10-5-11-17-22/h3-19,23H,1-2H3. The highest BCUT2D eigenvalue weighted by atomic mass is 31.2. The summed E-state index contributed by atoms with van der Waals surface area (Å²) in [5, 5.41) is 0.722. The molecule has 3 rings (SSSR count). The zero-order valence-corrected chi connectivity index (χ0v) is 19.0. The van der Waals surface area contributed by atoms with Gasteiger partial charge in [-0.2, -0.15) is 13.2 Å². The smallest absolute Gasteiger partial charge is 0.425 e. The number of esters is 1. The van der Waals surface area contributed by atoms with Gasteiger partial charge >= 0.3 is 12.1 Å². The molecule has 0 spiro atoms. The lowest BCUT2D eigenvalue weighted by Gasteiger charge is -2.32. The topological polar surface area (TPSA) is 52.6 Å². The van der Waals surface area contributed by atoms with E-state index in [1.165, 1.54) is 38.1 Å². The molecule has 0 saturated carbocycles. The fraction of sp³-hybridized carbons (Fsp3) is 0.240. The molecular formula is C25H24F3O4P. The third-order valence-electron chi connectivity index (χ3n) is 5.29. The van der Waals surface area contributed by atoms with Gasteiger partial charge in [0.25, 0.3) is 7.37 Å². The first-order valence-corrected chi connectivity index (χ1v) is 12.0. The van der Waals surface area contributed by atoms with E-state index in [2.05, 4.69) is 0 Å². The number of carbonyl (C=O) groups excluding carboxylic acids is 1. The van der Waals surface area contributed by atoms with Crippen LogP contribution in [0.2, 0.25) is 0 Å². The van der Waals surface area contributed by atoms with Crippen LogP contribution in [0.25, 0.3) is 0 Å². The van der Waals surface area contributed by atoms with Gasteiger partial charge in [-0.05, 0) is 43.3 Å². The average Bonchev–Trinajstić information content (AvgIpc) is 2.82. The zero-order valence-electron chi connectivity index (χ0n) is 18.1.